The van der Waals surface area contributed by atoms with Gasteiger partial charge < -0.3 is 9.47 Å². The van der Waals surface area contributed by atoms with E-state index in [1.54, 1.807) is 0 Å². The summed E-state index contributed by atoms with van der Waals surface area (Å²) in [6.45, 7) is 0.501. The minimum Gasteiger partial charge on any atom is -0.465 e. The van der Waals surface area contributed by atoms with Gasteiger partial charge in [0.15, 0.2) is 6.61 Å². The van der Waals surface area contributed by atoms with Crippen molar-refractivity contribution in [2.75, 3.05) is 13.7 Å². The maximum Gasteiger partial charge on any atom is 0.341 e. The molecule has 0 N–H and O–H groups in total. The van der Waals surface area contributed by atoms with Crippen LogP contribution in [-0.2, 0) is 23.9 Å². The predicted octanol–water partition coefficient (Wildman–Crippen LogP) is 1.28. The quantitative estimate of drug-likeness (QED) is 0.194. The van der Waals surface area contributed by atoms with E-state index in [1.807, 2.05) is 0 Å². The van der Waals surface area contributed by atoms with Gasteiger partial charge in [-0.15, -0.1) is 0 Å². The Labute approximate surface area is 125 Å². The molecule has 8 nitrogen and oxygen atoms in total. The average Bonchev–Trinajstić information content (AvgIpc) is 2.49. The van der Waals surface area contributed by atoms with Gasteiger partial charge in [-0.2, -0.15) is 0 Å². The second-order valence-electron chi connectivity index (χ2n) is 4.11. The Morgan fingerprint density at radius 3 is 2.55 bits per heavy atom. The third-order valence-corrected chi connectivity index (χ3v) is 2.50. The molecule has 0 aromatic heterocycles. The SMILES string of the molecule is COC(=O)C(=Cc1cccc([N+](=O)[O-])c1)C(=O)COC(C)=O. The number of carbonyl (C=O) groups excluding carboxylic acids is 3. The summed E-state index contributed by atoms with van der Waals surface area (Å²) in [5.41, 5.74) is -0.291. The van der Waals surface area contributed by atoms with E-state index in [1.165, 1.54) is 24.3 Å². The smallest absolute Gasteiger partial charge is 0.341 e. The van der Waals surface area contributed by atoms with Gasteiger partial charge in [0.1, 0.15) is 5.57 Å². The molecular weight excluding hydrogens is 294 g/mol. The van der Waals surface area contributed by atoms with E-state index >= 15 is 0 Å². The Bertz CT molecular complexity index is 648. The summed E-state index contributed by atoms with van der Waals surface area (Å²) in [5, 5.41) is 10.7. The Hall–Kier alpha value is -3.03. The van der Waals surface area contributed by atoms with Crippen molar-refractivity contribution in [2.24, 2.45) is 0 Å². The highest BCUT2D eigenvalue weighted by atomic mass is 16.6. The molecular formula is C14H13NO7. The molecule has 0 aliphatic rings. The van der Waals surface area contributed by atoms with Gasteiger partial charge in [-0.1, -0.05) is 12.1 Å². The van der Waals surface area contributed by atoms with Crippen LogP contribution in [-0.4, -0.2) is 36.4 Å². The summed E-state index contributed by atoms with van der Waals surface area (Å²) in [6, 6.07) is 5.36. The van der Waals surface area contributed by atoms with Crippen molar-refractivity contribution < 1.29 is 28.8 Å². The molecule has 0 heterocycles. The zero-order chi connectivity index (χ0) is 16.7. The topological polar surface area (TPSA) is 113 Å². The summed E-state index contributed by atoms with van der Waals surface area (Å²) >= 11 is 0. The lowest BCUT2D eigenvalue weighted by Gasteiger charge is -2.05. The zero-order valence-corrected chi connectivity index (χ0v) is 11.9. The third-order valence-electron chi connectivity index (χ3n) is 2.50. The number of Topliss-reactive ketones (excluding diaryl/α,β-unsaturated/α-hetero) is 1. The molecule has 0 aliphatic carbocycles. The van der Waals surface area contributed by atoms with Crippen LogP contribution in [0.25, 0.3) is 6.08 Å². The zero-order valence-electron chi connectivity index (χ0n) is 11.9. The number of ketones is 1. The number of rotatable bonds is 6. The van der Waals surface area contributed by atoms with Gasteiger partial charge in [-0.3, -0.25) is 19.7 Å². The first-order valence-corrected chi connectivity index (χ1v) is 6.06. The third kappa shape index (κ3) is 4.82. The molecule has 0 bridgehead atoms. The lowest BCUT2D eigenvalue weighted by atomic mass is 10.1. The first kappa shape index (κ1) is 17.0. The molecule has 0 saturated carbocycles. The average molecular weight is 307 g/mol. The highest BCUT2D eigenvalue weighted by Gasteiger charge is 2.20. The summed E-state index contributed by atoms with van der Waals surface area (Å²) < 4.78 is 9.02. The molecule has 116 valence electrons. The molecule has 22 heavy (non-hydrogen) atoms. The van der Waals surface area contributed by atoms with E-state index in [-0.39, 0.29) is 16.8 Å². The molecule has 0 aliphatic heterocycles. The van der Waals surface area contributed by atoms with Gasteiger partial charge in [-0.25, -0.2) is 4.79 Å². The maximum absolute atomic E-state index is 11.9. The Balaban J connectivity index is 3.13. The predicted molar refractivity (Wildman–Crippen MR) is 74.7 cm³/mol. The van der Waals surface area contributed by atoms with Gasteiger partial charge in [0.25, 0.3) is 5.69 Å². The normalized spacial score (nSPS) is 10.7. The largest absolute Gasteiger partial charge is 0.465 e. The van der Waals surface area contributed by atoms with Gasteiger partial charge in [0.2, 0.25) is 5.78 Å². The monoisotopic (exact) mass is 307 g/mol. The fourth-order valence-electron chi connectivity index (χ4n) is 1.50. The number of methoxy groups -OCH3 is 1. The number of nitro benzene ring substituents is 1. The minimum absolute atomic E-state index is 0.189. The molecule has 0 spiro atoms. The molecule has 0 fully saturated rings. The van der Waals surface area contributed by atoms with Crippen LogP contribution in [0.1, 0.15) is 12.5 Å². The van der Waals surface area contributed by atoms with Gasteiger partial charge in [-0.05, 0) is 11.6 Å². The highest BCUT2D eigenvalue weighted by Crippen LogP contribution is 2.16. The van der Waals surface area contributed by atoms with Crippen LogP contribution in [0.4, 0.5) is 5.69 Å². The van der Waals surface area contributed by atoms with Gasteiger partial charge in [0, 0.05) is 19.1 Å². The number of benzene rings is 1. The molecule has 8 heteroatoms. The van der Waals surface area contributed by atoms with Crippen molar-refractivity contribution in [3.8, 4) is 0 Å². The van der Waals surface area contributed by atoms with Gasteiger partial charge in [0.05, 0.1) is 12.0 Å². The minimum atomic E-state index is -0.927. The van der Waals surface area contributed by atoms with Crippen molar-refractivity contribution in [2.45, 2.75) is 6.92 Å². The molecule has 0 radical (unpaired) electrons. The second kappa shape index (κ2) is 7.67. The van der Waals surface area contributed by atoms with Crippen LogP contribution in [0, 0.1) is 10.1 Å². The lowest BCUT2D eigenvalue weighted by Crippen LogP contribution is -2.20. The number of nitrogens with zero attached hydrogens (tertiary/aromatic N) is 1. The van der Waals surface area contributed by atoms with Crippen LogP contribution in [0.2, 0.25) is 0 Å². The number of non-ortho nitro benzene ring substituents is 1. The number of hydrogen-bond donors (Lipinski definition) is 0. The molecule has 1 rings (SSSR count). The fraction of sp³-hybridized carbons (Fsp3) is 0.214. The summed E-state index contributed by atoms with van der Waals surface area (Å²) in [4.78, 5) is 44.3. The van der Waals surface area contributed by atoms with E-state index in [9.17, 15) is 24.5 Å². The number of esters is 2. The number of carbonyl (C=O) groups is 3. The Morgan fingerprint density at radius 2 is 2.00 bits per heavy atom. The summed E-state index contributed by atoms with van der Waals surface area (Å²) in [5.74, 6) is -2.37. The van der Waals surface area contributed by atoms with Crippen molar-refractivity contribution in [3.05, 3.63) is 45.5 Å². The van der Waals surface area contributed by atoms with Crippen molar-refractivity contribution in [1.29, 1.82) is 0 Å². The molecule has 0 atom stereocenters. The van der Waals surface area contributed by atoms with E-state index in [2.05, 4.69) is 9.47 Å². The van der Waals surface area contributed by atoms with Crippen molar-refractivity contribution >= 4 is 29.5 Å². The second-order valence-corrected chi connectivity index (χ2v) is 4.11. The van der Waals surface area contributed by atoms with Crippen molar-refractivity contribution in [1.82, 2.24) is 0 Å². The molecule has 0 amide bonds. The highest BCUT2D eigenvalue weighted by molar-refractivity contribution is 6.21. The summed E-state index contributed by atoms with van der Waals surface area (Å²) in [6.07, 6.45) is 1.14. The first-order chi connectivity index (χ1) is 10.3. The molecule has 0 saturated heterocycles. The molecule has 1 aromatic carbocycles. The fourth-order valence-corrected chi connectivity index (χ4v) is 1.50. The first-order valence-electron chi connectivity index (χ1n) is 6.06. The van der Waals surface area contributed by atoms with Crippen LogP contribution in [0.3, 0.4) is 0 Å². The lowest BCUT2D eigenvalue weighted by molar-refractivity contribution is -0.384. The van der Waals surface area contributed by atoms with E-state index < -0.39 is 29.3 Å². The summed E-state index contributed by atoms with van der Waals surface area (Å²) in [7, 11) is 1.09. The number of hydrogen-bond acceptors (Lipinski definition) is 7. The Kier molecular flexibility index (Phi) is 5.94. The number of ether oxygens (including phenoxy) is 2. The number of nitro groups is 1. The van der Waals surface area contributed by atoms with E-state index in [0.29, 0.717) is 0 Å². The Morgan fingerprint density at radius 1 is 1.32 bits per heavy atom. The van der Waals surface area contributed by atoms with Crippen LogP contribution < -0.4 is 0 Å². The van der Waals surface area contributed by atoms with Crippen LogP contribution >= 0.6 is 0 Å². The van der Waals surface area contributed by atoms with Crippen LogP contribution in [0.5, 0.6) is 0 Å². The molecule has 0 unspecified atom stereocenters. The van der Waals surface area contributed by atoms with Crippen molar-refractivity contribution in [3.63, 3.8) is 0 Å². The van der Waals surface area contributed by atoms with Gasteiger partial charge >= 0.3 is 11.9 Å². The van der Waals surface area contributed by atoms with E-state index in [0.717, 1.165) is 20.1 Å². The standard InChI is InChI=1S/C14H13NO7/c1-9(16)22-8-13(17)12(14(18)21-2)7-10-4-3-5-11(6-10)15(19)20/h3-7H,8H2,1-2H3. The van der Waals surface area contributed by atoms with Crippen LogP contribution in [0.15, 0.2) is 29.8 Å². The maximum atomic E-state index is 11.9. The molecule has 1 aromatic rings. The van der Waals surface area contributed by atoms with E-state index in [4.69, 9.17) is 0 Å².